The third kappa shape index (κ3) is 2.25. The van der Waals surface area contributed by atoms with E-state index in [1.165, 1.54) is 0 Å². The van der Waals surface area contributed by atoms with Gasteiger partial charge in [0.15, 0.2) is 5.82 Å². The van der Waals surface area contributed by atoms with Gasteiger partial charge in [-0.25, -0.2) is 9.07 Å². The fourth-order valence-corrected chi connectivity index (χ4v) is 1.54. The zero-order valence-corrected chi connectivity index (χ0v) is 9.45. The number of rotatable bonds is 4. The van der Waals surface area contributed by atoms with Gasteiger partial charge in [0.2, 0.25) is 5.82 Å². The Kier molecular flexibility index (Phi) is 3.42. The molecule has 2 N–H and O–H groups in total. The molecule has 2 rings (SSSR count). The lowest BCUT2D eigenvalue weighted by molar-refractivity contribution is -0.387. The molecule has 0 atom stereocenters. The maximum absolute atomic E-state index is 13.9. The molecule has 10 heteroatoms. The number of nitrogens with zero attached hydrogens (tertiary/aromatic N) is 5. The Morgan fingerprint density at radius 1 is 1.42 bits per heavy atom. The van der Waals surface area contributed by atoms with Crippen LogP contribution in [0.4, 0.5) is 14.5 Å². The Hall–Kier alpha value is -2.49. The average molecular weight is 270 g/mol. The number of tetrazole rings is 1. The van der Waals surface area contributed by atoms with E-state index in [0.29, 0.717) is 0 Å². The van der Waals surface area contributed by atoms with Gasteiger partial charge in [-0.1, -0.05) is 0 Å². The topological polar surface area (TPSA) is 113 Å². The number of hydrogen-bond donors (Lipinski definition) is 1. The van der Waals surface area contributed by atoms with Crippen LogP contribution < -0.4 is 5.73 Å². The van der Waals surface area contributed by atoms with Crippen molar-refractivity contribution in [3.63, 3.8) is 0 Å². The molecular weight excluding hydrogens is 262 g/mol. The van der Waals surface area contributed by atoms with Crippen LogP contribution in [0.5, 0.6) is 0 Å². The molecule has 0 spiro atoms. The Morgan fingerprint density at radius 3 is 2.79 bits per heavy atom. The van der Waals surface area contributed by atoms with Crippen molar-refractivity contribution in [2.24, 2.45) is 5.73 Å². The minimum atomic E-state index is -1.32. The first-order chi connectivity index (χ1) is 9.06. The summed E-state index contributed by atoms with van der Waals surface area (Å²) < 4.78 is 28.7. The van der Waals surface area contributed by atoms with Crippen LogP contribution in [0.3, 0.4) is 0 Å². The van der Waals surface area contributed by atoms with E-state index in [0.717, 1.165) is 16.8 Å². The average Bonchev–Trinajstić information content (AvgIpc) is 2.77. The van der Waals surface area contributed by atoms with Crippen molar-refractivity contribution in [1.29, 1.82) is 0 Å². The molecule has 0 aliphatic carbocycles. The van der Waals surface area contributed by atoms with Gasteiger partial charge in [-0.15, -0.1) is 5.10 Å². The molecule has 1 heterocycles. The summed E-state index contributed by atoms with van der Waals surface area (Å²) in [7, 11) is 0. The maximum Gasteiger partial charge on any atom is 0.305 e. The van der Waals surface area contributed by atoms with Gasteiger partial charge in [-0.05, 0) is 16.5 Å². The van der Waals surface area contributed by atoms with Crippen LogP contribution in [0.2, 0.25) is 0 Å². The highest BCUT2D eigenvalue weighted by atomic mass is 19.1. The summed E-state index contributed by atoms with van der Waals surface area (Å²) in [4.78, 5) is 9.68. The van der Waals surface area contributed by atoms with Gasteiger partial charge in [0.25, 0.3) is 0 Å². The lowest BCUT2D eigenvalue weighted by atomic mass is 10.1. The minimum absolute atomic E-state index is 0.129. The highest BCUT2D eigenvalue weighted by Gasteiger charge is 2.26. The third-order valence-electron chi connectivity index (χ3n) is 2.36. The van der Waals surface area contributed by atoms with E-state index in [9.17, 15) is 18.9 Å². The van der Waals surface area contributed by atoms with E-state index in [-0.39, 0.29) is 18.9 Å². The molecule has 8 nitrogen and oxygen atoms in total. The van der Waals surface area contributed by atoms with Crippen molar-refractivity contribution in [2.75, 3.05) is 6.54 Å². The van der Waals surface area contributed by atoms with Crippen molar-refractivity contribution >= 4 is 5.69 Å². The number of nitrogens with two attached hydrogens (primary N) is 1. The van der Waals surface area contributed by atoms with Crippen molar-refractivity contribution in [3.8, 4) is 11.4 Å². The van der Waals surface area contributed by atoms with Gasteiger partial charge in [-0.3, -0.25) is 10.1 Å². The summed E-state index contributed by atoms with van der Waals surface area (Å²) in [5.41, 5.74) is 3.81. The highest BCUT2D eigenvalue weighted by Crippen LogP contribution is 2.29. The fraction of sp³-hybridized carbons (Fsp3) is 0.222. The lowest BCUT2D eigenvalue weighted by Crippen LogP contribution is -2.13. The Labute approximate surface area is 105 Å². The molecule has 0 fully saturated rings. The number of aromatic nitrogens is 4. The monoisotopic (exact) mass is 270 g/mol. The van der Waals surface area contributed by atoms with Crippen LogP contribution in [0, 0.1) is 21.7 Å². The first-order valence-electron chi connectivity index (χ1n) is 5.15. The van der Waals surface area contributed by atoms with Crippen LogP contribution in [0.1, 0.15) is 0 Å². The van der Waals surface area contributed by atoms with E-state index in [1.54, 1.807) is 0 Å². The van der Waals surface area contributed by atoms with Gasteiger partial charge in [0.05, 0.1) is 17.0 Å². The summed E-state index contributed by atoms with van der Waals surface area (Å²) in [6.07, 6.45) is 0. The molecule has 1 aromatic carbocycles. The molecule has 0 unspecified atom stereocenters. The fourth-order valence-electron chi connectivity index (χ4n) is 1.54. The molecule has 0 aliphatic heterocycles. The van der Waals surface area contributed by atoms with Crippen LogP contribution >= 0.6 is 0 Å². The number of halogens is 2. The van der Waals surface area contributed by atoms with Gasteiger partial charge in [0.1, 0.15) is 5.82 Å². The second-order valence-corrected chi connectivity index (χ2v) is 3.53. The first kappa shape index (κ1) is 13.0. The highest BCUT2D eigenvalue weighted by molar-refractivity contribution is 5.61. The summed E-state index contributed by atoms with van der Waals surface area (Å²) in [6, 6.07) is 1.53. The largest absolute Gasteiger partial charge is 0.329 e. The van der Waals surface area contributed by atoms with Crippen molar-refractivity contribution < 1.29 is 13.7 Å². The molecule has 0 saturated heterocycles. The van der Waals surface area contributed by atoms with Gasteiger partial charge in [-0.2, -0.15) is 4.39 Å². The second-order valence-electron chi connectivity index (χ2n) is 3.53. The first-order valence-corrected chi connectivity index (χ1v) is 5.15. The predicted molar refractivity (Wildman–Crippen MR) is 58.9 cm³/mol. The summed E-state index contributed by atoms with van der Waals surface area (Å²) in [6.45, 7) is 0.278. The lowest BCUT2D eigenvalue weighted by Gasteiger charge is -2.05. The quantitative estimate of drug-likeness (QED) is 0.638. The minimum Gasteiger partial charge on any atom is -0.329 e. The van der Waals surface area contributed by atoms with Gasteiger partial charge >= 0.3 is 5.69 Å². The Balaban J connectivity index is 2.64. The van der Waals surface area contributed by atoms with Crippen LogP contribution in [-0.2, 0) is 6.54 Å². The zero-order chi connectivity index (χ0) is 14.0. The maximum atomic E-state index is 13.9. The van der Waals surface area contributed by atoms with E-state index in [2.05, 4.69) is 15.5 Å². The summed E-state index contributed by atoms with van der Waals surface area (Å²) >= 11 is 0. The Morgan fingerprint density at radius 2 is 2.16 bits per heavy atom. The molecular formula is C9H8F2N6O2. The number of hydrogen-bond acceptors (Lipinski definition) is 6. The van der Waals surface area contributed by atoms with Crippen LogP contribution in [0.25, 0.3) is 11.4 Å². The molecule has 0 radical (unpaired) electrons. The van der Waals surface area contributed by atoms with E-state index >= 15 is 0 Å². The molecule has 2 aromatic rings. The van der Waals surface area contributed by atoms with Crippen molar-refractivity contribution in [1.82, 2.24) is 20.2 Å². The molecule has 0 saturated carbocycles. The van der Waals surface area contributed by atoms with Crippen molar-refractivity contribution in [2.45, 2.75) is 6.54 Å². The molecule has 0 aliphatic rings. The molecule has 0 amide bonds. The predicted octanol–water partition coefficient (Wildman–Crippen LogP) is 0.485. The molecule has 19 heavy (non-hydrogen) atoms. The number of nitro groups is 1. The third-order valence-corrected chi connectivity index (χ3v) is 2.36. The van der Waals surface area contributed by atoms with Crippen LogP contribution in [0.15, 0.2) is 12.1 Å². The van der Waals surface area contributed by atoms with Crippen molar-refractivity contribution in [3.05, 3.63) is 33.9 Å². The Bertz CT molecular complexity index is 629. The molecule has 0 bridgehead atoms. The normalized spacial score (nSPS) is 10.7. The van der Waals surface area contributed by atoms with Gasteiger partial charge < -0.3 is 5.73 Å². The standard InChI is InChI=1S/C9H8F2N6O2/c10-5-1-2-6(17(18)19)8(11)7(5)9-13-14-15-16(9)4-3-12/h1-2H,3-4,12H2. The molecule has 1 aromatic heterocycles. The zero-order valence-electron chi connectivity index (χ0n) is 9.45. The summed E-state index contributed by atoms with van der Waals surface area (Å²) in [5, 5.41) is 20.9. The second kappa shape index (κ2) is 5.02. The molecule has 100 valence electrons. The van der Waals surface area contributed by atoms with E-state index in [4.69, 9.17) is 5.73 Å². The number of benzene rings is 1. The van der Waals surface area contributed by atoms with Crippen LogP contribution in [-0.4, -0.2) is 31.7 Å². The summed E-state index contributed by atoms with van der Waals surface area (Å²) in [5.74, 6) is -2.56. The van der Waals surface area contributed by atoms with E-state index in [1.807, 2.05) is 0 Å². The smallest absolute Gasteiger partial charge is 0.305 e. The SMILES string of the molecule is NCCn1nnnc1-c1c(F)ccc([N+](=O)[O-])c1F. The van der Waals surface area contributed by atoms with E-state index < -0.39 is 27.8 Å². The van der Waals surface area contributed by atoms with Gasteiger partial charge in [0, 0.05) is 12.6 Å². The number of nitro benzene ring substituents is 1.